The molecule has 2 saturated carbocycles. The van der Waals surface area contributed by atoms with E-state index in [4.69, 9.17) is 4.74 Å². The molecule has 0 spiro atoms. The van der Waals surface area contributed by atoms with E-state index >= 15 is 0 Å². The lowest BCUT2D eigenvalue weighted by atomic mass is 9.93. The Bertz CT molecular complexity index is 467. The molecule has 1 aromatic carbocycles. The maximum Gasteiger partial charge on any atom is 0.306 e. The highest BCUT2D eigenvalue weighted by Crippen LogP contribution is 2.52. The van der Waals surface area contributed by atoms with Crippen molar-refractivity contribution in [1.82, 2.24) is 0 Å². The maximum absolute atomic E-state index is 11.6. The third-order valence-corrected chi connectivity index (χ3v) is 4.75. The Balaban J connectivity index is 1.49. The van der Waals surface area contributed by atoms with Crippen LogP contribution >= 0.6 is 0 Å². The lowest BCUT2D eigenvalue weighted by molar-refractivity contribution is -0.144. The average Bonchev–Trinajstić information content (AvgIpc) is 3.33. The van der Waals surface area contributed by atoms with Crippen LogP contribution in [0.3, 0.4) is 0 Å². The molecular weight excluding hydrogens is 248 g/mol. The normalized spacial score (nSPS) is 19.6. The van der Waals surface area contributed by atoms with Gasteiger partial charge in [0.2, 0.25) is 0 Å². The zero-order valence-electron chi connectivity index (χ0n) is 12.4. The van der Waals surface area contributed by atoms with Gasteiger partial charge in [-0.3, -0.25) is 4.79 Å². The number of carbonyl (C=O) groups excluding carboxylic acids is 1. The van der Waals surface area contributed by atoms with Gasteiger partial charge in [-0.1, -0.05) is 24.3 Å². The van der Waals surface area contributed by atoms with Crippen molar-refractivity contribution in [2.24, 2.45) is 5.41 Å². The van der Waals surface area contributed by atoms with Crippen LogP contribution in [0.4, 0.5) is 0 Å². The third kappa shape index (κ3) is 3.41. The van der Waals surface area contributed by atoms with E-state index in [0.29, 0.717) is 13.0 Å². The van der Waals surface area contributed by atoms with E-state index in [0.717, 1.165) is 18.8 Å². The molecule has 0 aromatic heterocycles. The number of esters is 1. The molecule has 0 amide bonds. The monoisotopic (exact) mass is 272 g/mol. The molecule has 3 rings (SSSR count). The summed E-state index contributed by atoms with van der Waals surface area (Å²) in [6.45, 7) is 2.37. The Morgan fingerprint density at radius 1 is 1.25 bits per heavy atom. The zero-order chi connectivity index (χ0) is 14.0. The molecule has 20 heavy (non-hydrogen) atoms. The van der Waals surface area contributed by atoms with E-state index in [9.17, 15) is 4.79 Å². The van der Waals surface area contributed by atoms with Crippen molar-refractivity contribution >= 4 is 5.97 Å². The van der Waals surface area contributed by atoms with Gasteiger partial charge in [-0.25, -0.2) is 0 Å². The number of hydrogen-bond acceptors (Lipinski definition) is 2. The summed E-state index contributed by atoms with van der Waals surface area (Å²) in [6, 6.07) is 9.12. The minimum atomic E-state index is -0.0194. The Morgan fingerprint density at radius 2 is 1.95 bits per heavy atom. The van der Waals surface area contributed by atoms with Crippen molar-refractivity contribution in [3.8, 4) is 0 Å². The van der Waals surface area contributed by atoms with Gasteiger partial charge in [0.15, 0.2) is 0 Å². The van der Waals surface area contributed by atoms with E-state index < -0.39 is 0 Å². The number of rotatable bonds is 7. The number of hydrogen-bond donors (Lipinski definition) is 0. The molecule has 0 atom stereocenters. The van der Waals surface area contributed by atoms with Crippen LogP contribution in [0.25, 0.3) is 0 Å². The summed E-state index contributed by atoms with van der Waals surface area (Å²) in [5, 5.41) is 0. The summed E-state index contributed by atoms with van der Waals surface area (Å²) >= 11 is 0. The third-order valence-electron chi connectivity index (χ3n) is 4.75. The first-order chi connectivity index (χ1) is 9.71. The molecule has 0 aliphatic heterocycles. The molecule has 1 aromatic rings. The summed E-state index contributed by atoms with van der Waals surface area (Å²) in [5.41, 5.74) is 3.16. The molecule has 0 unspecified atom stereocenters. The van der Waals surface area contributed by atoms with Crippen LogP contribution in [0.2, 0.25) is 0 Å². The van der Waals surface area contributed by atoms with Gasteiger partial charge in [0.25, 0.3) is 0 Å². The highest BCUT2D eigenvalue weighted by molar-refractivity contribution is 5.70. The quantitative estimate of drug-likeness (QED) is 0.694. The fourth-order valence-corrected chi connectivity index (χ4v) is 2.99. The summed E-state index contributed by atoms with van der Waals surface area (Å²) in [7, 11) is 0. The molecule has 2 aliphatic rings. The predicted molar refractivity (Wildman–Crippen MR) is 79.7 cm³/mol. The summed E-state index contributed by atoms with van der Waals surface area (Å²) in [5.74, 6) is 0.816. The number of ether oxygens (including phenoxy) is 1. The Kier molecular flexibility index (Phi) is 3.82. The molecular formula is C18H24O2. The minimum Gasteiger partial charge on any atom is -0.466 e. The zero-order valence-corrected chi connectivity index (χ0v) is 12.4. The molecule has 0 N–H and O–H groups in total. The van der Waals surface area contributed by atoms with Crippen LogP contribution in [0.5, 0.6) is 0 Å². The average molecular weight is 272 g/mol. The van der Waals surface area contributed by atoms with Gasteiger partial charge >= 0.3 is 5.97 Å². The van der Waals surface area contributed by atoms with Crippen molar-refractivity contribution in [2.45, 2.75) is 57.8 Å². The van der Waals surface area contributed by atoms with Gasteiger partial charge in [0.1, 0.15) is 0 Å². The van der Waals surface area contributed by atoms with Crippen molar-refractivity contribution in [3.63, 3.8) is 0 Å². The summed E-state index contributed by atoms with van der Waals surface area (Å²) in [4.78, 5) is 11.6. The summed E-state index contributed by atoms with van der Waals surface area (Å²) < 4.78 is 5.08. The first kappa shape index (κ1) is 13.7. The van der Waals surface area contributed by atoms with Crippen LogP contribution in [0, 0.1) is 5.41 Å². The lowest BCUT2D eigenvalue weighted by Crippen LogP contribution is -2.13. The Morgan fingerprint density at radius 3 is 2.50 bits per heavy atom. The first-order valence-electron chi connectivity index (χ1n) is 7.95. The molecule has 2 heteroatoms. The predicted octanol–water partition coefficient (Wildman–Crippen LogP) is 4.23. The molecule has 2 nitrogen and oxygen atoms in total. The standard InChI is InChI=1S/C18H24O2/c1-2-20-17(19)13-18(11-12-18)10-9-14-3-5-15(6-4-14)16-7-8-16/h3-6,16H,2,7-13H2,1H3. The van der Waals surface area contributed by atoms with Crippen molar-refractivity contribution in [1.29, 1.82) is 0 Å². The van der Waals surface area contributed by atoms with Crippen LogP contribution in [-0.2, 0) is 16.0 Å². The van der Waals surface area contributed by atoms with Gasteiger partial charge in [0.05, 0.1) is 13.0 Å². The molecule has 0 radical (unpaired) electrons. The second-order valence-corrected chi connectivity index (χ2v) is 6.50. The van der Waals surface area contributed by atoms with Gasteiger partial charge in [-0.2, -0.15) is 0 Å². The molecule has 2 fully saturated rings. The first-order valence-corrected chi connectivity index (χ1v) is 7.95. The van der Waals surface area contributed by atoms with Crippen LogP contribution in [-0.4, -0.2) is 12.6 Å². The van der Waals surface area contributed by atoms with Crippen molar-refractivity contribution in [3.05, 3.63) is 35.4 Å². The Hall–Kier alpha value is -1.31. The van der Waals surface area contributed by atoms with E-state index in [1.165, 1.54) is 36.8 Å². The highest BCUT2D eigenvalue weighted by Gasteiger charge is 2.44. The number of benzene rings is 1. The van der Waals surface area contributed by atoms with Gasteiger partial charge < -0.3 is 4.74 Å². The SMILES string of the molecule is CCOC(=O)CC1(CCc2ccc(C3CC3)cc2)CC1. The van der Waals surface area contributed by atoms with Crippen LogP contribution < -0.4 is 0 Å². The van der Waals surface area contributed by atoms with Crippen LogP contribution in [0.15, 0.2) is 24.3 Å². The fraction of sp³-hybridized carbons (Fsp3) is 0.611. The van der Waals surface area contributed by atoms with E-state index in [1.807, 2.05) is 6.92 Å². The largest absolute Gasteiger partial charge is 0.466 e. The second kappa shape index (κ2) is 5.59. The number of carbonyl (C=O) groups is 1. The fourth-order valence-electron chi connectivity index (χ4n) is 2.99. The molecule has 2 aliphatic carbocycles. The molecule has 0 heterocycles. The lowest BCUT2D eigenvalue weighted by Gasteiger charge is -2.14. The minimum absolute atomic E-state index is 0.0194. The number of aryl methyl sites for hydroxylation is 1. The smallest absolute Gasteiger partial charge is 0.306 e. The second-order valence-electron chi connectivity index (χ2n) is 6.50. The van der Waals surface area contributed by atoms with Gasteiger partial charge in [0, 0.05) is 0 Å². The van der Waals surface area contributed by atoms with Gasteiger partial charge in [-0.15, -0.1) is 0 Å². The van der Waals surface area contributed by atoms with Crippen molar-refractivity contribution in [2.75, 3.05) is 6.61 Å². The van der Waals surface area contributed by atoms with E-state index in [1.54, 1.807) is 0 Å². The molecule has 0 bridgehead atoms. The molecule has 108 valence electrons. The maximum atomic E-state index is 11.6. The topological polar surface area (TPSA) is 26.3 Å². The Labute approximate surface area is 121 Å². The summed E-state index contributed by atoms with van der Waals surface area (Å²) in [6.07, 6.45) is 7.92. The highest BCUT2D eigenvalue weighted by atomic mass is 16.5. The van der Waals surface area contributed by atoms with E-state index in [-0.39, 0.29) is 11.4 Å². The van der Waals surface area contributed by atoms with Gasteiger partial charge in [-0.05, 0) is 67.9 Å². The molecule has 0 saturated heterocycles. The van der Waals surface area contributed by atoms with E-state index in [2.05, 4.69) is 24.3 Å². The van der Waals surface area contributed by atoms with Crippen molar-refractivity contribution < 1.29 is 9.53 Å². The van der Waals surface area contributed by atoms with Crippen LogP contribution in [0.1, 0.15) is 62.5 Å².